The van der Waals surface area contributed by atoms with E-state index in [1.54, 1.807) is 6.07 Å². The van der Waals surface area contributed by atoms with E-state index in [-0.39, 0.29) is 17.9 Å². The minimum absolute atomic E-state index is 0.0125. The summed E-state index contributed by atoms with van der Waals surface area (Å²) in [6, 6.07) is 18.7. The van der Waals surface area contributed by atoms with Gasteiger partial charge < -0.3 is 19.5 Å². The van der Waals surface area contributed by atoms with Gasteiger partial charge in [-0.15, -0.1) is 0 Å². The molecular formula is C34H33ClN2O3. The van der Waals surface area contributed by atoms with Crippen molar-refractivity contribution in [2.45, 2.75) is 68.7 Å². The standard InChI is InChI=1S/C34H33ClN2O3/c1-19-3-2-4-21(13-19)18-37-26-9-8-23(35)15-24(26)25-16-34(39)28-14-22-7-10-27(38)31-29(22)33(34,32(40-31)30(25)37)11-12-36(28)17-20-5-6-20/h2-4,7-10,13,15,20,28,32,38-39H,5-6,11-12,14,16-18H2,1H3/t28-,32-,33-,34+/m0/s1. The van der Waals surface area contributed by atoms with Crippen LogP contribution in [0.1, 0.15) is 58.9 Å². The Kier molecular flexibility index (Phi) is 4.65. The maximum Gasteiger partial charge on any atom is 0.166 e. The number of hydrogen-bond acceptors (Lipinski definition) is 4. The number of likely N-dealkylation sites (tertiary alicyclic amines) is 1. The highest BCUT2D eigenvalue weighted by molar-refractivity contribution is 6.31. The molecule has 2 N–H and O–H groups in total. The van der Waals surface area contributed by atoms with E-state index in [9.17, 15) is 10.2 Å². The zero-order valence-electron chi connectivity index (χ0n) is 22.7. The lowest BCUT2D eigenvalue weighted by molar-refractivity contribution is -0.173. The van der Waals surface area contributed by atoms with Crippen LogP contribution in [0.25, 0.3) is 10.9 Å². The quantitative estimate of drug-likeness (QED) is 0.323. The predicted octanol–water partition coefficient (Wildman–Crippen LogP) is 6.06. The molecule has 1 saturated heterocycles. The minimum Gasteiger partial charge on any atom is -0.504 e. The second kappa shape index (κ2) is 7.84. The van der Waals surface area contributed by atoms with Gasteiger partial charge in [0.1, 0.15) is 0 Å². The van der Waals surface area contributed by atoms with Crippen LogP contribution in [0.5, 0.6) is 11.5 Å². The normalized spacial score (nSPS) is 29.8. The van der Waals surface area contributed by atoms with E-state index >= 15 is 0 Å². The van der Waals surface area contributed by atoms with Crippen LogP contribution in [0.2, 0.25) is 5.02 Å². The molecule has 4 atom stereocenters. The second-order valence-corrected chi connectivity index (χ2v) is 13.5. The van der Waals surface area contributed by atoms with E-state index in [1.807, 2.05) is 6.07 Å². The predicted molar refractivity (Wildman–Crippen MR) is 155 cm³/mol. The Morgan fingerprint density at radius 2 is 1.98 bits per heavy atom. The molecule has 5 aliphatic rings. The number of aryl methyl sites for hydroxylation is 1. The summed E-state index contributed by atoms with van der Waals surface area (Å²) in [4.78, 5) is 2.58. The lowest BCUT2D eigenvalue weighted by Gasteiger charge is -2.63. The largest absolute Gasteiger partial charge is 0.504 e. The summed E-state index contributed by atoms with van der Waals surface area (Å²) in [5.41, 5.74) is 6.51. The SMILES string of the molecule is Cc1cccc(Cn2c3c(c4cc(Cl)ccc42)C[C@@]2(O)[C@@H]4Cc5ccc(O)c6c5[C@@]2(CCN4CC2CC2)[C@H]3O6)c1. The van der Waals surface area contributed by atoms with Gasteiger partial charge in [-0.2, -0.15) is 0 Å². The number of phenols is 1. The average Bonchev–Trinajstić information content (AvgIpc) is 3.61. The zero-order valence-corrected chi connectivity index (χ0v) is 23.4. The maximum absolute atomic E-state index is 13.2. The Hall–Kier alpha value is -2.99. The summed E-state index contributed by atoms with van der Waals surface area (Å²) in [6.45, 7) is 4.83. The first-order chi connectivity index (χ1) is 19.4. The van der Waals surface area contributed by atoms with Crippen molar-refractivity contribution < 1.29 is 14.9 Å². The summed E-state index contributed by atoms with van der Waals surface area (Å²) in [7, 11) is 0. The lowest BCUT2D eigenvalue weighted by atomic mass is 9.49. The van der Waals surface area contributed by atoms with Crippen molar-refractivity contribution in [2.24, 2.45) is 5.92 Å². The van der Waals surface area contributed by atoms with Crippen molar-refractivity contribution >= 4 is 22.5 Å². The molecule has 2 fully saturated rings. The van der Waals surface area contributed by atoms with Gasteiger partial charge in [-0.3, -0.25) is 4.90 Å². The molecule has 40 heavy (non-hydrogen) atoms. The van der Waals surface area contributed by atoms with E-state index in [0.717, 1.165) is 59.6 Å². The summed E-state index contributed by atoms with van der Waals surface area (Å²) < 4.78 is 9.31. The molecule has 3 aliphatic carbocycles. The molecule has 1 saturated carbocycles. The van der Waals surface area contributed by atoms with Crippen molar-refractivity contribution in [3.63, 3.8) is 0 Å². The highest BCUT2D eigenvalue weighted by Crippen LogP contribution is 2.69. The van der Waals surface area contributed by atoms with Gasteiger partial charge in [0.15, 0.2) is 17.6 Å². The number of aliphatic hydroxyl groups is 1. The third-order valence-electron chi connectivity index (χ3n) is 10.8. The Labute approximate surface area is 238 Å². The summed E-state index contributed by atoms with van der Waals surface area (Å²) in [5, 5.41) is 26.1. The van der Waals surface area contributed by atoms with E-state index in [0.29, 0.717) is 23.7 Å². The van der Waals surface area contributed by atoms with E-state index in [2.05, 4.69) is 58.9 Å². The number of phenolic OH excluding ortho intramolecular Hbond substituents is 1. The topological polar surface area (TPSA) is 57.9 Å². The van der Waals surface area contributed by atoms with Gasteiger partial charge in [-0.25, -0.2) is 0 Å². The number of ether oxygens (including phenoxy) is 1. The molecule has 2 aliphatic heterocycles. The first-order valence-corrected chi connectivity index (χ1v) is 15.1. The van der Waals surface area contributed by atoms with Gasteiger partial charge in [0.25, 0.3) is 0 Å². The molecule has 4 aromatic rings. The molecular weight excluding hydrogens is 520 g/mol. The summed E-state index contributed by atoms with van der Waals surface area (Å²) in [5.74, 6) is 1.50. The molecule has 0 unspecified atom stereocenters. The van der Waals surface area contributed by atoms with Crippen molar-refractivity contribution in [3.05, 3.63) is 93.1 Å². The monoisotopic (exact) mass is 552 g/mol. The molecule has 3 aromatic carbocycles. The fraction of sp³-hybridized carbons (Fsp3) is 0.412. The summed E-state index contributed by atoms with van der Waals surface area (Å²) >= 11 is 6.61. The van der Waals surface area contributed by atoms with Crippen molar-refractivity contribution in [1.29, 1.82) is 0 Å². The molecule has 0 amide bonds. The molecule has 5 nitrogen and oxygen atoms in total. The number of benzene rings is 3. The fourth-order valence-corrected chi connectivity index (χ4v) is 9.16. The van der Waals surface area contributed by atoms with Gasteiger partial charge in [0.05, 0.1) is 16.7 Å². The molecule has 2 bridgehead atoms. The Morgan fingerprint density at radius 1 is 1.10 bits per heavy atom. The highest BCUT2D eigenvalue weighted by Gasteiger charge is 2.73. The van der Waals surface area contributed by atoms with Crippen molar-refractivity contribution in [2.75, 3.05) is 13.1 Å². The number of aromatic nitrogens is 1. The van der Waals surface area contributed by atoms with Gasteiger partial charge >= 0.3 is 0 Å². The lowest BCUT2D eigenvalue weighted by Crippen LogP contribution is -2.74. The van der Waals surface area contributed by atoms with Crippen molar-refractivity contribution in [1.82, 2.24) is 9.47 Å². The van der Waals surface area contributed by atoms with Gasteiger partial charge in [0, 0.05) is 47.0 Å². The van der Waals surface area contributed by atoms with Gasteiger partial charge in [-0.1, -0.05) is 47.5 Å². The van der Waals surface area contributed by atoms with Crippen LogP contribution < -0.4 is 4.74 Å². The first kappa shape index (κ1) is 23.7. The molecule has 6 heteroatoms. The van der Waals surface area contributed by atoms with Crippen LogP contribution in [-0.2, 0) is 24.8 Å². The van der Waals surface area contributed by atoms with Crippen LogP contribution in [0.15, 0.2) is 54.6 Å². The Bertz CT molecular complexity index is 1740. The fourth-order valence-electron chi connectivity index (χ4n) is 8.99. The highest BCUT2D eigenvalue weighted by atomic mass is 35.5. The first-order valence-electron chi connectivity index (χ1n) is 14.7. The van der Waals surface area contributed by atoms with Crippen LogP contribution in [0.4, 0.5) is 0 Å². The van der Waals surface area contributed by atoms with E-state index in [4.69, 9.17) is 16.3 Å². The van der Waals surface area contributed by atoms with Gasteiger partial charge in [0.2, 0.25) is 0 Å². The van der Waals surface area contributed by atoms with Crippen molar-refractivity contribution in [3.8, 4) is 11.5 Å². The van der Waals surface area contributed by atoms with Gasteiger partial charge in [-0.05, 0) is 86.0 Å². The number of rotatable bonds is 4. The molecule has 0 radical (unpaired) electrons. The molecule has 1 spiro atoms. The molecule has 3 heterocycles. The Morgan fingerprint density at radius 3 is 2.80 bits per heavy atom. The van der Waals surface area contributed by atoms with Crippen LogP contribution in [-0.4, -0.2) is 44.4 Å². The average molecular weight is 553 g/mol. The zero-order chi connectivity index (χ0) is 27.0. The van der Waals surface area contributed by atoms with E-state index < -0.39 is 11.0 Å². The number of hydrogen-bond donors (Lipinski definition) is 2. The van der Waals surface area contributed by atoms with E-state index in [1.165, 1.54) is 29.5 Å². The third kappa shape index (κ3) is 2.91. The molecule has 1 aromatic heterocycles. The number of aromatic hydroxyl groups is 1. The van der Waals surface area contributed by atoms with Crippen LogP contribution in [0, 0.1) is 12.8 Å². The second-order valence-electron chi connectivity index (χ2n) is 13.0. The number of halogens is 1. The molecule has 9 rings (SSSR count). The minimum atomic E-state index is -1.01. The Balaban J connectivity index is 1.32. The molecule has 204 valence electrons. The third-order valence-corrected chi connectivity index (χ3v) is 11.0. The van der Waals surface area contributed by atoms with Crippen LogP contribution >= 0.6 is 11.6 Å². The number of piperidine rings is 1. The summed E-state index contributed by atoms with van der Waals surface area (Å²) in [6.07, 6.45) is 4.35. The maximum atomic E-state index is 13.2. The number of fused-ring (bicyclic) bond motifs is 4. The smallest absolute Gasteiger partial charge is 0.166 e. The van der Waals surface area contributed by atoms with Crippen LogP contribution in [0.3, 0.4) is 0 Å². The number of nitrogens with zero attached hydrogens (tertiary/aromatic N) is 2.